The molecule has 1 aromatic rings. The molecule has 0 spiro atoms. The molecule has 1 aliphatic heterocycles. The zero-order valence-corrected chi connectivity index (χ0v) is 13.1. The summed E-state index contributed by atoms with van der Waals surface area (Å²) in [5, 5.41) is 0. The molecule has 3 rings (SSSR count). The van der Waals surface area contributed by atoms with Crippen molar-refractivity contribution < 1.29 is 9.53 Å². The normalized spacial score (nSPS) is 21.7. The van der Waals surface area contributed by atoms with Crippen LogP contribution in [0, 0.1) is 5.92 Å². The SMILES string of the molecule is COC(=O)CC1CCc2ccc(Br)cc2C(C2CC2)=N1. The number of esters is 1. The molecular formula is C16H18BrNO2. The fraction of sp³-hybridized carbons (Fsp3) is 0.500. The van der Waals surface area contributed by atoms with Crippen LogP contribution in [0.5, 0.6) is 0 Å². The van der Waals surface area contributed by atoms with E-state index in [4.69, 9.17) is 9.73 Å². The first-order chi connectivity index (χ1) is 9.67. The predicted octanol–water partition coefficient (Wildman–Crippen LogP) is 3.53. The molecule has 2 aliphatic rings. The van der Waals surface area contributed by atoms with E-state index in [0.717, 1.165) is 17.3 Å². The highest BCUT2D eigenvalue weighted by Gasteiger charge is 2.32. The number of hydrogen-bond donors (Lipinski definition) is 0. The smallest absolute Gasteiger partial charge is 0.307 e. The number of fused-ring (bicyclic) bond motifs is 1. The second-order valence-corrected chi connectivity index (χ2v) is 6.48. The van der Waals surface area contributed by atoms with Crippen molar-refractivity contribution in [1.82, 2.24) is 0 Å². The summed E-state index contributed by atoms with van der Waals surface area (Å²) in [6.07, 6.45) is 4.72. The highest BCUT2D eigenvalue weighted by atomic mass is 79.9. The lowest BCUT2D eigenvalue weighted by molar-refractivity contribution is -0.141. The van der Waals surface area contributed by atoms with Gasteiger partial charge in [0.1, 0.15) is 0 Å². The minimum Gasteiger partial charge on any atom is -0.469 e. The Morgan fingerprint density at radius 3 is 2.90 bits per heavy atom. The van der Waals surface area contributed by atoms with Gasteiger partial charge < -0.3 is 4.74 Å². The van der Waals surface area contributed by atoms with Crippen molar-refractivity contribution in [1.29, 1.82) is 0 Å². The summed E-state index contributed by atoms with van der Waals surface area (Å²) in [5.41, 5.74) is 3.83. The lowest BCUT2D eigenvalue weighted by atomic mass is 9.97. The second-order valence-electron chi connectivity index (χ2n) is 5.56. The first-order valence-corrected chi connectivity index (χ1v) is 7.90. The molecular weight excluding hydrogens is 318 g/mol. The van der Waals surface area contributed by atoms with Gasteiger partial charge in [-0.2, -0.15) is 0 Å². The average molecular weight is 336 g/mol. The number of nitrogens with zero attached hydrogens (tertiary/aromatic N) is 1. The molecule has 106 valence electrons. The Morgan fingerprint density at radius 2 is 2.20 bits per heavy atom. The maximum absolute atomic E-state index is 11.5. The van der Waals surface area contributed by atoms with Crippen molar-refractivity contribution in [2.45, 2.75) is 38.1 Å². The van der Waals surface area contributed by atoms with Crippen LogP contribution in [0.4, 0.5) is 0 Å². The van der Waals surface area contributed by atoms with Gasteiger partial charge in [0.05, 0.1) is 19.6 Å². The van der Waals surface area contributed by atoms with E-state index in [1.54, 1.807) is 0 Å². The Hall–Kier alpha value is -1.16. The van der Waals surface area contributed by atoms with Crippen LogP contribution in [0.25, 0.3) is 0 Å². The highest BCUT2D eigenvalue weighted by Crippen LogP contribution is 2.37. The van der Waals surface area contributed by atoms with E-state index >= 15 is 0 Å². The first-order valence-electron chi connectivity index (χ1n) is 7.10. The van der Waals surface area contributed by atoms with Gasteiger partial charge in [0.2, 0.25) is 0 Å². The number of aryl methyl sites for hydroxylation is 1. The number of halogens is 1. The molecule has 3 nitrogen and oxygen atoms in total. The summed E-state index contributed by atoms with van der Waals surface area (Å²) >= 11 is 3.55. The molecule has 1 heterocycles. The quantitative estimate of drug-likeness (QED) is 0.792. The minimum absolute atomic E-state index is 0.0595. The standard InChI is InChI=1S/C16H18BrNO2/c1-20-15(19)9-13-7-5-10-4-6-12(17)8-14(10)16(18-13)11-2-3-11/h4,6,8,11,13H,2-3,5,7,9H2,1H3. The van der Waals surface area contributed by atoms with Crippen LogP contribution in [0.1, 0.15) is 36.8 Å². The number of aliphatic imine (C=N–C) groups is 1. The average Bonchev–Trinajstić information content (AvgIpc) is 3.26. The summed E-state index contributed by atoms with van der Waals surface area (Å²) in [6.45, 7) is 0. The van der Waals surface area contributed by atoms with Gasteiger partial charge in [0, 0.05) is 21.7 Å². The lowest BCUT2D eigenvalue weighted by Crippen LogP contribution is -2.15. The van der Waals surface area contributed by atoms with Crippen molar-refractivity contribution >= 4 is 27.6 Å². The van der Waals surface area contributed by atoms with Gasteiger partial charge in [-0.25, -0.2) is 0 Å². The van der Waals surface area contributed by atoms with Gasteiger partial charge >= 0.3 is 5.97 Å². The number of ether oxygens (including phenoxy) is 1. The Labute approximate surface area is 127 Å². The van der Waals surface area contributed by atoms with Crippen molar-refractivity contribution in [3.63, 3.8) is 0 Å². The summed E-state index contributed by atoms with van der Waals surface area (Å²) in [4.78, 5) is 16.4. The summed E-state index contributed by atoms with van der Waals surface area (Å²) < 4.78 is 5.88. The Balaban J connectivity index is 1.93. The molecule has 1 atom stereocenters. The van der Waals surface area contributed by atoms with Crippen LogP contribution < -0.4 is 0 Å². The van der Waals surface area contributed by atoms with Crippen molar-refractivity contribution in [3.05, 3.63) is 33.8 Å². The number of hydrogen-bond acceptors (Lipinski definition) is 3. The highest BCUT2D eigenvalue weighted by molar-refractivity contribution is 9.10. The van der Waals surface area contributed by atoms with Crippen molar-refractivity contribution in [2.24, 2.45) is 10.9 Å². The molecule has 0 saturated heterocycles. The summed E-state index contributed by atoms with van der Waals surface area (Å²) in [7, 11) is 1.44. The van der Waals surface area contributed by atoms with Gasteiger partial charge in [-0.15, -0.1) is 0 Å². The largest absolute Gasteiger partial charge is 0.469 e. The van der Waals surface area contributed by atoms with Gasteiger partial charge in [0.15, 0.2) is 0 Å². The maximum atomic E-state index is 11.5. The molecule has 0 amide bonds. The number of carbonyl (C=O) groups excluding carboxylic acids is 1. The van der Waals surface area contributed by atoms with Gasteiger partial charge in [-0.1, -0.05) is 22.0 Å². The van der Waals surface area contributed by atoms with E-state index in [-0.39, 0.29) is 12.0 Å². The third-order valence-electron chi connectivity index (χ3n) is 4.01. The van der Waals surface area contributed by atoms with Crippen LogP contribution in [0.3, 0.4) is 0 Å². The molecule has 0 N–H and O–H groups in total. The topological polar surface area (TPSA) is 38.7 Å². The van der Waals surface area contributed by atoms with E-state index in [9.17, 15) is 4.79 Å². The monoisotopic (exact) mass is 335 g/mol. The zero-order chi connectivity index (χ0) is 14.1. The van der Waals surface area contributed by atoms with Gasteiger partial charge in [-0.05, 0) is 43.4 Å². The number of benzene rings is 1. The van der Waals surface area contributed by atoms with Crippen molar-refractivity contribution in [3.8, 4) is 0 Å². The lowest BCUT2D eigenvalue weighted by Gasteiger charge is -2.10. The minimum atomic E-state index is -0.166. The molecule has 4 heteroatoms. The van der Waals surface area contributed by atoms with E-state index < -0.39 is 0 Å². The van der Waals surface area contributed by atoms with Crippen LogP contribution in [-0.2, 0) is 16.0 Å². The predicted molar refractivity (Wildman–Crippen MR) is 82.1 cm³/mol. The Kier molecular flexibility index (Phi) is 3.92. The summed E-state index contributed by atoms with van der Waals surface area (Å²) in [5.74, 6) is 0.419. The van der Waals surface area contributed by atoms with Crippen LogP contribution >= 0.6 is 15.9 Å². The third kappa shape index (κ3) is 2.95. The number of rotatable bonds is 3. The third-order valence-corrected chi connectivity index (χ3v) is 4.50. The van der Waals surface area contributed by atoms with Crippen LogP contribution in [0.15, 0.2) is 27.7 Å². The Bertz CT molecular complexity index is 564. The van der Waals surface area contributed by atoms with Crippen LogP contribution in [0.2, 0.25) is 0 Å². The van der Waals surface area contributed by atoms with Gasteiger partial charge in [0.25, 0.3) is 0 Å². The Morgan fingerprint density at radius 1 is 1.40 bits per heavy atom. The molecule has 20 heavy (non-hydrogen) atoms. The molecule has 0 aromatic heterocycles. The van der Waals surface area contributed by atoms with Crippen molar-refractivity contribution in [2.75, 3.05) is 7.11 Å². The van der Waals surface area contributed by atoms with E-state index in [1.807, 2.05) is 0 Å². The first kappa shape index (κ1) is 13.8. The fourth-order valence-electron chi connectivity index (χ4n) is 2.76. The van der Waals surface area contributed by atoms with E-state index in [1.165, 1.54) is 36.8 Å². The summed E-state index contributed by atoms with van der Waals surface area (Å²) in [6, 6.07) is 6.50. The molecule has 1 aliphatic carbocycles. The molecule has 1 aromatic carbocycles. The second kappa shape index (κ2) is 5.68. The molecule has 0 bridgehead atoms. The fourth-order valence-corrected chi connectivity index (χ4v) is 3.12. The number of carbonyl (C=O) groups is 1. The molecule has 1 fully saturated rings. The molecule has 1 saturated carbocycles. The molecule has 1 unspecified atom stereocenters. The van der Waals surface area contributed by atoms with Gasteiger partial charge in [-0.3, -0.25) is 9.79 Å². The number of methoxy groups -OCH3 is 1. The zero-order valence-electron chi connectivity index (χ0n) is 11.6. The molecule has 0 radical (unpaired) electrons. The van der Waals surface area contributed by atoms with E-state index in [2.05, 4.69) is 34.1 Å². The maximum Gasteiger partial charge on any atom is 0.307 e. The van der Waals surface area contributed by atoms with E-state index in [0.29, 0.717) is 12.3 Å². The van der Waals surface area contributed by atoms with Crippen LogP contribution in [-0.4, -0.2) is 24.8 Å².